The molecule has 24 heavy (non-hydrogen) atoms. The number of alkyl halides is 3. The van der Waals surface area contributed by atoms with Crippen LogP contribution in [0.4, 0.5) is 14.9 Å². The lowest BCUT2D eigenvalue weighted by Gasteiger charge is -2.22. The maximum Gasteiger partial charge on any atom is 0.337 e. The Morgan fingerprint density at radius 1 is 1.29 bits per heavy atom. The monoisotopic (exact) mass is 412 g/mol. The Bertz CT molecular complexity index is 698. The summed E-state index contributed by atoms with van der Waals surface area (Å²) in [6.45, 7) is 0. The number of benzene rings is 1. The molecule has 1 atom stereocenters. The fourth-order valence-electron chi connectivity index (χ4n) is 1.94. The van der Waals surface area contributed by atoms with Gasteiger partial charge in [0.2, 0.25) is 9.63 Å². The van der Waals surface area contributed by atoms with Gasteiger partial charge in [-0.25, -0.2) is 23.8 Å². The molecular weight excluding hydrogens is 402 g/mol. The van der Waals surface area contributed by atoms with Crippen molar-refractivity contribution in [3.05, 3.63) is 30.1 Å². The van der Waals surface area contributed by atoms with Gasteiger partial charge in [0.25, 0.3) is 5.91 Å². The minimum Gasteiger partial charge on any atom is -0.265 e. The first-order valence-corrected chi connectivity index (χ1v) is 8.84. The lowest BCUT2D eigenvalue weighted by Crippen LogP contribution is -2.39. The van der Waals surface area contributed by atoms with Crippen LogP contribution in [0.25, 0.3) is 0 Å². The van der Waals surface area contributed by atoms with Crippen molar-refractivity contribution in [1.29, 1.82) is 0 Å². The largest absolute Gasteiger partial charge is 0.337 e. The number of urea groups is 1. The summed E-state index contributed by atoms with van der Waals surface area (Å²) in [4.78, 5) is 30.4. The molecule has 1 aromatic rings. The number of rotatable bonds is 4. The van der Waals surface area contributed by atoms with Crippen LogP contribution in [-0.4, -0.2) is 45.9 Å². The number of nitrogens with one attached hydrogen (secondary N) is 1. The lowest BCUT2D eigenvalue weighted by molar-refractivity contribution is -0.119. The number of imide groups is 1. The molecule has 1 aromatic carbocycles. The number of carbonyl (C=O) groups is 2. The summed E-state index contributed by atoms with van der Waals surface area (Å²) >= 11 is 18.7. The summed E-state index contributed by atoms with van der Waals surface area (Å²) in [5.74, 6) is -1.76. The number of hydrogen-bond acceptors (Lipinski definition) is 5. The van der Waals surface area contributed by atoms with Crippen molar-refractivity contribution < 1.29 is 14.0 Å². The Kier molecular flexibility index (Phi) is 5.98. The Hall–Kier alpha value is -1.06. The van der Waals surface area contributed by atoms with Gasteiger partial charge in [0, 0.05) is 7.05 Å². The molecule has 1 aliphatic heterocycles. The summed E-state index contributed by atoms with van der Waals surface area (Å²) in [6.07, 6.45) is 0.538. The summed E-state index contributed by atoms with van der Waals surface area (Å²) in [7, 11) is 1.26. The highest BCUT2D eigenvalue weighted by atomic mass is 35.6. The number of amidine groups is 1. The van der Waals surface area contributed by atoms with Gasteiger partial charge < -0.3 is 0 Å². The topological polar surface area (TPSA) is 65.0 Å². The van der Waals surface area contributed by atoms with E-state index in [9.17, 15) is 14.0 Å². The first-order chi connectivity index (χ1) is 11.2. The molecule has 3 amide bonds. The molecule has 1 heterocycles. The fourth-order valence-corrected chi connectivity index (χ4v) is 2.89. The highest BCUT2D eigenvalue weighted by Gasteiger charge is 2.44. The second-order valence-electron chi connectivity index (χ2n) is 4.65. The van der Waals surface area contributed by atoms with Gasteiger partial charge in [-0.05, 0) is 18.4 Å². The van der Waals surface area contributed by atoms with E-state index in [1.54, 1.807) is 6.26 Å². The van der Waals surface area contributed by atoms with Crippen LogP contribution in [0.5, 0.6) is 0 Å². The third kappa shape index (κ3) is 3.78. The fraction of sp³-hybridized carbons (Fsp3) is 0.308. The predicted molar refractivity (Wildman–Crippen MR) is 95.2 cm³/mol. The molecule has 2 rings (SSSR count). The van der Waals surface area contributed by atoms with Crippen molar-refractivity contribution >= 4 is 70.2 Å². The van der Waals surface area contributed by atoms with Gasteiger partial charge in [0.1, 0.15) is 5.82 Å². The lowest BCUT2D eigenvalue weighted by atomic mass is 10.3. The van der Waals surface area contributed by atoms with Crippen LogP contribution < -0.4 is 9.62 Å². The molecular formula is C13H12Cl3FN4O2S. The normalized spacial score (nSPS) is 18.7. The number of halogens is 4. The number of anilines is 1. The van der Waals surface area contributed by atoms with Crippen molar-refractivity contribution in [2.24, 2.45) is 4.99 Å². The smallest absolute Gasteiger partial charge is 0.265 e. The summed E-state index contributed by atoms with van der Waals surface area (Å²) < 4.78 is 14.9. The molecule has 0 spiro atoms. The van der Waals surface area contributed by atoms with Crippen LogP contribution >= 0.6 is 46.8 Å². The van der Waals surface area contributed by atoms with E-state index in [-0.39, 0.29) is 11.5 Å². The number of nitrogens with zero attached hydrogens (tertiary/aromatic N) is 3. The van der Waals surface area contributed by atoms with Crippen molar-refractivity contribution in [3.63, 3.8) is 0 Å². The molecule has 0 saturated carbocycles. The van der Waals surface area contributed by atoms with E-state index in [0.29, 0.717) is 0 Å². The Morgan fingerprint density at radius 2 is 1.92 bits per heavy atom. The zero-order chi connectivity index (χ0) is 18.1. The zero-order valence-electron chi connectivity index (χ0n) is 12.5. The van der Waals surface area contributed by atoms with Crippen LogP contribution in [0.1, 0.15) is 0 Å². The molecule has 1 unspecified atom stereocenters. The van der Waals surface area contributed by atoms with Gasteiger partial charge in [0.15, 0.2) is 6.17 Å². The average Bonchev–Trinajstić information content (AvgIpc) is 2.71. The number of aliphatic imine (C=N–C) groups is 1. The summed E-state index contributed by atoms with van der Waals surface area (Å²) in [5.41, 5.74) is -0.119. The number of likely N-dealkylation sites (N-methyl/N-ethyl adjacent to an activating group) is 1. The van der Waals surface area contributed by atoms with Crippen molar-refractivity contribution in [2.45, 2.75) is 9.96 Å². The van der Waals surface area contributed by atoms with Crippen molar-refractivity contribution in [1.82, 2.24) is 9.62 Å². The van der Waals surface area contributed by atoms with Crippen LogP contribution in [0, 0.1) is 5.82 Å². The van der Waals surface area contributed by atoms with Gasteiger partial charge in [-0.3, -0.25) is 9.69 Å². The average molecular weight is 414 g/mol. The molecule has 1 fully saturated rings. The van der Waals surface area contributed by atoms with Crippen LogP contribution in [-0.2, 0) is 4.79 Å². The molecule has 0 radical (unpaired) electrons. The van der Waals surface area contributed by atoms with E-state index >= 15 is 0 Å². The zero-order valence-corrected chi connectivity index (χ0v) is 15.5. The molecule has 11 heteroatoms. The van der Waals surface area contributed by atoms with E-state index in [1.165, 1.54) is 25.2 Å². The minimum atomic E-state index is -1.89. The van der Waals surface area contributed by atoms with Crippen LogP contribution in [0.2, 0.25) is 0 Å². The van der Waals surface area contributed by atoms with Crippen LogP contribution in [0.3, 0.4) is 0 Å². The Labute approximate surface area is 157 Å². The third-order valence-electron chi connectivity index (χ3n) is 3.07. The third-order valence-corrected chi connectivity index (χ3v) is 4.15. The van der Waals surface area contributed by atoms with Gasteiger partial charge >= 0.3 is 6.03 Å². The SMILES string of the molecule is CSNC(/N=C1\C(=O)N(C)C(=O)N1c1ccccc1F)C(Cl)(Cl)Cl. The van der Waals surface area contributed by atoms with Gasteiger partial charge in [-0.2, -0.15) is 0 Å². The number of amides is 3. The second-order valence-corrected chi connectivity index (χ2v) is 7.67. The first kappa shape index (κ1) is 19.3. The van der Waals surface area contributed by atoms with Crippen LogP contribution in [0.15, 0.2) is 29.3 Å². The molecule has 0 bridgehead atoms. The minimum absolute atomic E-state index is 0.119. The second kappa shape index (κ2) is 7.45. The standard InChI is InChI=1S/C13H12Cl3FN4O2S/c1-20-10(22)9(18-11(19-24-2)13(14,15)16)21(12(20)23)8-6-4-3-5-7(8)17/h3-6,11,19H,1-2H3/b18-9+. The maximum atomic E-state index is 14.1. The predicted octanol–water partition coefficient (Wildman–Crippen LogP) is 3.19. The number of para-hydroxylation sites is 1. The molecule has 130 valence electrons. The van der Waals surface area contributed by atoms with E-state index in [2.05, 4.69) is 9.71 Å². The van der Waals surface area contributed by atoms with Gasteiger partial charge in [-0.1, -0.05) is 58.9 Å². The van der Waals surface area contributed by atoms with Crippen molar-refractivity contribution in [2.75, 3.05) is 18.2 Å². The molecule has 1 N–H and O–H groups in total. The van der Waals surface area contributed by atoms with E-state index in [0.717, 1.165) is 27.8 Å². The van der Waals surface area contributed by atoms with E-state index in [1.807, 2.05) is 0 Å². The van der Waals surface area contributed by atoms with Gasteiger partial charge in [-0.15, -0.1) is 0 Å². The maximum absolute atomic E-state index is 14.1. The highest BCUT2D eigenvalue weighted by Crippen LogP contribution is 2.33. The van der Waals surface area contributed by atoms with E-state index in [4.69, 9.17) is 34.8 Å². The molecule has 6 nitrogen and oxygen atoms in total. The van der Waals surface area contributed by atoms with E-state index < -0.39 is 27.7 Å². The molecule has 0 aromatic heterocycles. The molecule has 0 aliphatic carbocycles. The first-order valence-electron chi connectivity index (χ1n) is 6.48. The van der Waals surface area contributed by atoms with Gasteiger partial charge in [0.05, 0.1) is 5.69 Å². The Balaban J connectivity index is 2.55. The number of hydrogen-bond donors (Lipinski definition) is 1. The highest BCUT2D eigenvalue weighted by molar-refractivity contribution is 7.96. The van der Waals surface area contributed by atoms with Crippen molar-refractivity contribution in [3.8, 4) is 0 Å². The summed E-state index contributed by atoms with van der Waals surface area (Å²) in [6, 6.07) is 4.74. The Morgan fingerprint density at radius 3 is 2.46 bits per heavy atom. The molecule has 1 aliphatic rings. The summed E-state index contributed by atoms with van der Waals surface area (Å²) in [5, 5.41) is 0. The number of carbonyl (C=O) groups excluding carboxylic acids is 2. The quantitative estimate of drug-likeness (QED) is 0.468. The molecule has 1 saturated heterocycles.